The molecule has 0 fully saturated rings. The van der Waals surface area contributed by atoms with Crippen LogP contribution in [0.1, 0.15) is 17.5 Å². The summed E-state index contributed by atoms with van der Waals surface area (Å²) in [7, 11) is 1.79. The maximum Gasteiger partial charge on any atom is 0.266 e. The fraction of sp³-hybridized carbons (Fsp3) is 0.222. The van der Waals surface area contributed by atoms with Crippen LogP contribution in [0.4, 0.5) is 0 Å². The Balaban J connectivity index is 1.62. The molecule has 2 aromatic rings. The van der Waals surface area contributed by atoms with Crippen molar-refractivity contribution in [2.45, 2.75) is 19.1 Å². The number of likely N-dealkylation sites (N-methyl/N-ethyl adjacent to an activating group) is 1. The molecule has 0 aromatic heterocycles. The van der Waals surface area contributed by atoms with Gasteiger partial charge in [0.15, 0.2) is 0 Å². The molecule has 118 valence electrons. The summed E-state index contributed by atoms with van der Waals surface area (Å²) in [6, 6.07) is 17.7. The summed E-state index contributed by atoms with van der Waals surface area (Å²) in [6.45, 7) is 0.561. The van der Waals surface area contributed by atoms with E-state index in [9.17, 15) is 4.79 Å². The minimum atomic E-state index is -0.544. The third-order valence-corrected chi connectivity index (χ3v) is 4.23. The van der Waals surface area contributed by atoms with Gasteiger partial charge in [-0.05, 0) is 17.7 Å². The number of halogens is 1. The summed E-state index contributed by atoms with van der Waals surface area (Å²) >= 11 is 3.44. The number of hydrogen-bond acceptors (Lipinski definition) is 3. The molecule has 0 bridgehead atoms. The summed E-state index contributed by atoms with van der Waals surface area (Å²) in [5.41, 5.74) is 2.87. The third kappa shape index (κ3) is 3.79. The number of rotatable bonds is 4. The van der Waals surface area contributed by atoms with Gasteiger partial charge in [0.2, 0.25) is 6.10 Å². The van der Waals surface area contributed by atoms with Crippen molar-refractivity contribution in [1.29, 1.82) is 0 Å². The van der Waals surface area contributed by atoms with E-state index in [1.807, 2.05) is 54.6 Å². The van der Waals surface area contributed by atoms with Crippen LogP contribution >= 0.6 is 15.9 Å². The average Bonchev–Trinajstić information content (AvgIpc) is 3.05. The molecular formula is C18H17BrN2O2. The summed E-state index contributed by atoms with van der Waals surface area (Å²) in [4.78, 5) is 19.6. The topological polar surface area (TPSA) is 41.9 Å². The van der Waals surface area contributed by atoms with Crippen molar-refractivity contribution in [1.82, 2.24) is 4.90 Å². The molecule has 4 nitrogen and oxygen atoms in total. The first-order valence-corrected chi connectivity index (χ1v) is 8.20. The number of nitrogens with zero attached hydrogens (tertiary/aromatic N) is 2. The van der Waals surface area contributed by atoms with E-state index in [4.69, 9.17) is 4.84 Å². The molecular weight excluding hydrogens is 356 g/mol. The van der Waals surface area contributed by atoms with Crippen molar-refractivity contribution in [3.8, 4) is 0 Å². The van der Waals surface area contributed by atoms with Gasteiger partial charge in [-0.25, -0.2) is 0 Å². The maximum absolute atomic E-state index is 12.5. The van der Waals surface area contributed by atoms with Crippen molar-refractivity contribution in [3.05, 3.63) is 70.2 Å². The van der Waals surface area contributed by atoms with E-state index < -0.39 is 6.10 Å². The van der Waals surface area contributed by atoms with Crippen molar-refractivity contribution in [2.75, 3.05) is 7.05 Å². The molecule has 1 atom stereocenters. The van der Waals surface area contributed by atoms with Gasteiger partial charge >= 0.3 is 0 Å². The third-order valence-electron chi connectivity index (χ3n) is 3.74. The molecule has 0 saturated carbocycles. The Labute approximate surface area is 143 Å². The molecule has 1 aliphatic heterocycles. The quantitative estimate of drug-likeness (QED) is 0.822. The van der Waals surface area contributed by atoms with Gasteiger partial charge in [0, 0.05) is 30.0 Å². The summed E-state index contributed by atoms with van der Waals surface area (Å²) in [6.07, 6.45) is -0.0493. The monoisotopic (exact) mass is 372 g/mol. The van der Waals surface area contributed by atoms with E-state index in [1.165, 1.54) is 0 Å². The number of benzene rings is 2. The van der Waals surface area contributed by atoms with Gasteiger partial charge in [-0.2, -0.15) is 0 Å². The molecule has 1 amide bonds. The summed E-state index contributed by atoms with van der Waals surface area (Å²) in [5.74, 6) is -0.0531. The van der Waals surface area contributed by atoms with Gasteiger partial charge in [-0.1, -0.05) is 63.6 Å². The van der Waals surface area contributed by atoms with Crippen LogP contribution < -0.4 is 0 Å². The van der Waals surface area contributed by atoms with Gasteiger partial charge in [-0.15, -0.1) is 0 Å². The van der Waals surface area contributed by atoms with E-state index in [-0.39, 0.29) is 5.91 Å². The standard InChI is InChI=1S/C18H17BrN2O2/c1-21(12-13-6-3-2-4-7-13)18(22)17-11-16(20-23-17)14-8-5-9-15(19)10-14/h2-10,17H,11-12H2,1H3/t17-/m1/s1. The van der Waals surface area contributed by atoms with Crippen LogP contribution in [0, 0.1) is 0 Å². The molecule has 23 heavy (non-hydrogen) atoms. The molecule has 3 rings (SSSR count). The van der Waals surface area contributed by atoms with Gasteiger partial charge in [0.25, 0.3) is 5.91 Å². The lowest BCUT2D eigenvalue weighted by atomic mass is 10.0. The molecule has 1 heterocycles. The van der Waals surface area contributed by atoms with Crippen LogP contribution in [0.25, 0.3) is 0 Å². The van der Waals surface area contributed by atoms with E-state index >= 15 is 0 Å². The number of oxime groups is 1. The number of carbonyl (C=O) groups is 1. The highest BCUT2D eigenvalue weighted by atomic mass is 79.9. The second-order valence-electron chi connectivity index (χ2n) is 5.53. The van der Waals surface area contributed by atoms with Crippen LogP contribution in [0.2, 0.25) is 0 Å². The maximum atomic E-state index is 12.5. The molecule has 0 unspecified atom stereocenters. The smallest absolute Gasteiger partial charge is 0.266 e. The second kappa shape index (κ2) is 6.96. The molecule has 0 N–H and O–H groups in total. The highest BCUT2D eigenvalue weighted by molar-refractivity contribution is 9.10. The minimum Gasteiger partial charge on any atom is -0.382 e. The van der Waals surface area contributed by atoms with E-state index in [0.717, 1.165) is 21.3 Å². The fourth-order valence-electron chi connectivity index (χ4n) is 2.53. The van der Waals surface area contributed by atoms with E-state index in [1.54, 1.807) is 11.9 Å². The Bertz CT molecular complexity index is 731. The predicted octanol–water partition coefficient (Wildman–Crippen LogP) is 3.60. The van der Waals surface area contributed by atoms with Crippen LogP contribution in [-0.4, -0.2) is 29.7 Å². The lowest BCUT2D eigenvalue weighted by molar-refractivity contribution is -0.141. The molecule has 1 aliphatic rings. The fourth-order valence-corrected chi connectivity index (χ4v) is 2.93. The molecule has 5 heteroatoms. The average molecular weight is 373 g/mol. The molecule has 2 aromatic carbocycles. The lowest BCUT2D eigenvalue weighted by Crippen LogP contribution is -2.36. The Hall–Kier alpha value is -2.14. The SMILES string of the molecule is CN(Cc1ccccc1)C(=O)[C@H]1CC(c2cccc(Br)c2)=NO1. The van der Waals surface area contributed by atoms with Crippen LogP contribution in [0.3, 0.4) is 0 Å². The van der Waals surface area contributed by atoms with E-state index in [0.29, 0.717) is 13.0 Å². The molecule has 0 radical (unpaired) electrons. The first-order valence-electron chi connectivity index (χ1n) is 7.41. The molecule has 0 saturated heterocycles. The van der Waals surface area contributed by atoms with Gasteiger partial charge < -0.3 is 9.74 Å². The van der Waals surface area contributed by atoms with Crippen LogP contribution in [0.5, 0.6) is 0 Å². The summed E-state index contributed by atoms with van der Waals surface area (Å²) < 4.78 is 0.980. The van der Waals surface area contributed by atoms with Crippen molar-refractivity contribution < 1.29 is 9.63 Å². The highest BCUT2D eigenvalue weighted by Gasteiger charge is 2.31. The Morgan fingerprint density at radius 2 is 2.04 bits per heavy atom. The van der Waals surface area contributed by atoms with Gasteiger partial charge in [-0.3, -0.25) is 4.79 Å². The Morgan fingerprint density at radius 1 is 1.26 bits per heavy atom. The largest absolute Gasteiger partial charge is 0.382 e. The number of carbonyl (C=O) groups excluding carboxylic acids is 1. The lowest BCUT2D eigenvalue weighted by Gasteiger charge is -2.19. The van der Waals surface area contributed by atoms with Gasteiger partial charge in [0.1, 0.15) is 0 Å². The van der Waals surface area contributed by atoms with Crippen LogP contribution in [-0.2, 0) is 16.2 Å². The van der Waals surface area contributed by atoms with Gasteiger partial charge in [0.05, 0.1) is 5.71 Å². The van der Waals surface area contributed by atoms with Crippen LogP contribution in [0.15, 0.2) is 64.2 Å². The zero-order chi connectivity index (χ0) is 16.2. The zero-order valence-electron chi connectivity index (χ0n) is 12.8. The van der Waals surface area contributed by atoms with Crippen molar-refractivity contribution in [3.63, 3.8) is 0 Å². The number of amides is 1. The zero-order valence-corrected chi connectivity index (χ0v) is 14.4. The van der Waals surface area contributed by atoms with Crippen molar-refractivity contribution in [2.24, 2.45) is 5.16 Å². The summed E-state index contributed by atoms with van der Waals surface area (Å²) in [5, 5.41) is 4.09. The molecule has 0 aliphatic carbocycles. The first kappa shape index (κ1) is 15.7. The van der Waals surface area contributed by atoms with E-state index in [2.05, 4.69) is 21.1 Å². The minimum absolute atomic E-state index is 0.0531. The molecule has 0 spiro atoms. The van der Waals surface area contributed by atoms with Crippen molar-refractivity contribution >= 4 is 27.5 Å². The highest BCUT2D eigenvalue weighted by Crippen LogP contribution is 2.21. The normalized spacial score (nSPS) is 16.6. The first-order chi connectivity index (χ1) is 11.1. The second-order valence-corrected chi connectivity index (χ2v) is 6.44. The Kier molecular flexibility index (Phi) is 4.76. The predicted molar refractivity (Wildman–Crippen MR) is 93.1 cm³/mol. The number of hydrogen-bond donors (Lipinski definition) is 0. The Morgan fingerprint density at radius 3 is 2.78 bits per heavy atom.